The first-order chi connectivity index (χ1) is 10.2. The molecule has 0 saturated carbocycles. The lowest BCUT2D eigenvalue weighted by atomic mass is 10.1. The number of aromatic hydroxyl groups is 1. The van der Waals surface area contributed by atoms with E-state index in [4.69, 9.17) is 18.6 Å². The van der Waals surface area contributed by atoms with Crippen LogP contribution in [-0.4, -0.2) is 19.0 Å². The summed E-state index contributed by atoms with van der Waals surface area (Å²) in [7, 11) is 1.45. The number of methoxy groups -OCH3 is 1. The van der Waals surface area contributed by atoms with Gasteiger partial charge < -0.3 is 23.7 Å². The lowest BCUT2D eigenvalue weighted by Crippen LogP contribution is -2.04. The molecule has 106 valence electrons. The third-order valence-electron chi connectivity index (χ3n) is 3.44. The number of phenols is 1. The fourth-order valence-electron chi connectivity index (χ4n) is 2.52. The van der Waals surface area contributed by atoms with E-state index in [-0.39, 0.29) is 34.5 Å². The summed E-state index contributed by atoms with van der Waals surface area (Å²) in [6.07, 6.45) is 0. The highest BCUT2D eigenvalue weighted by molar-refractivity contribution is 5.96. The zero-order valence-corrected chi connectivity index (χ0v) is 11.0. The molecule has 1 N–H and O–H groups in total. The highest BCUT2D eigenvalue weighted by Crippen LogP contribution is 2.45. The van der Waals surface area contributed by atoms with Crippen LogP contribution >= 0.6 is 0 Å². The molecule has 0 bridgehead atoms. The SMILES string of the molecule is COc1c2c(cc3oc4ccc(O)cc4c(=O)c13)OCO2. The lowest BCUT2D eigenvalue weighted by molar-refractivity contribution is 0.171. The molecule has 0 spiro atoms. The van der Waals surface area contributed by atoms with Gasteiger partial charge in [-0.05, 0) is 18.2 Å². The normalized spacial score (nSPS) is 13.0. The van der Waals surface area contributed by atoms with Gasteiger partial charge in [-0.3, -0.25) is 4.79 Å². The number of rotatable bonds is 1. The number of hydrogen-bond donors (Lipinski definition) is 1. The van der Waals surface area contributed by atoms with Gasteiger partial charge in [0.1, 0.15) is 22.3 Å². The van der Waals surface area contributed by atoms with Crippen molar-refractivity contribution in [3.63, 3.8) is 0 Å². The van der Waals surface area contributed by atoms with E-state index in [1.807, 2.05) is 0 Å². The Bertz CT molecular complexity index is 940. The molecule has 21 heavy (non-hydrogen) atoms. The maximum absolute atomic E-state index is 12.7. The van der Waals surface area contributed by atoms with Crippen LogP contribution in [0.2, 0.25) is 0 Å². The summed E-state index contributed by atoms with van der Waals surface area (Å²) in [6, 6.07) is 5.97. The second-order valence-electron chi connectivity index (χ2n) is 4.63. The van der Waals surface area contributed by atoms with Crippen LogP contribution in [0.25, 0.3) is 21.9 Å². The molecule has 0 radical (unpaired) electrons. The van der Waals surface area contributed by atoms with E-state index in [1.54, 1.807) is 12.1 Å². The van der Waals surface area contributed by atoms with Crippen molar-refractivity contribution < 1.29 is 23.7 Å². The fraction of sp³-hybridized carbons (Fsp3) is 0.133. The average molecular weight is 286 g/mol. The number of benzene rings is 2. The average Bonchev–Trinajstić information content (AvgIpc) is 2.94. The maximum atomic E-state index is 12.7. The maximum Gasteiger partial charge on any atom is 0.231 e. The van der Waals surface area contributed by atoms with Crippen molar-refractivity contribution >= 4 is 21.9 Å². The van der Waals surface area contributed by atoms with E-state index in [2.05, 4.69) is 0 Å². The molecule has 0 atom stereocenters. The van der Waals surface area contributed by atoms with E-state index in [0.29, 0.717) is 22.7 Å². The van der Waals surface area contributed by atoms with E-state index in [9.17, 15) is 9.90 Å². The molecule has 0 aliphatic carbocycles. The summed E-state index contributed by atoms with van der Waals surface area (Å²) in [4.78, 5) is 12.7. The third-order valence-corrected chi connectivity index (χ3v) is 3.44. The van der Waals surface area contributed by atoms with Gasteiger partial charge in [-0.1, -0.05) is 0 Å². The van der Waals surface area contributed by atoms with Crippen LogP contribution in [0.15, 0.2) is 33.5 Å². The smallest absolute Gasteiger partial charge is 0.231 e. The summed E-state index contributed by atoms with van der Waals surface area (Å²) in [5.41, 5.74) is 0.433. The molecular weight excluding hydrogens is 276 g/mol. The fourth-order valence-corrected chi connectivity index (χ4v) is 2.52. The van der Waals surface area contributed by atoms with Crippen LogP contribution in [0.1, 0.15) is 0 Å². The summed E-state index contributed by atoms with van der Waals surface area (Å²) in [5, 5.41) is 10.1. The highest BCUT2D eigenvalue weighted by Gasteiger charge is 2.25. The number of ether oxygens (including phenoxy) is 3. The first-order valence-electron chi connectivity index (χ1n) is 6.25. The molecule has 0 saturated heterocycles. The van der Waals surface area contributed by atoms with Crippen molar-refractivity contribution in [2.75, 3.05) is 13.9 Å². The summed E-state index contributed by atoms with van der Waals surface area (Å²) < 4.78 is 21.7. The molecule has 0 fully saturated rings. The number of fused-ring (bicyclic) bond motifs is 3. The van der Waals surface area contributed by atoms with Crippen LogP contribution in [0.4, 0.5) is 0 Å². The first kappa shape index (κ1) is 11.9. The standard InChI is InChI=1S/C15H10O6/c1-18-15-12-10(5-11-14(15)20-6-19-11)21-9-3-2-7(16)4-8(9)13(12)17/h2-5,16H,6H2,1H3. The van der Waals surface area contributed by atoms with Gasteiger partial charge in [0.25, 0.3) is 0 Å². The Morgan fingerprint density at radius 3 is 2.86 bits per heavy atom. The van der Waals surface area contributed by atoms with E-state index < -0.39 is 0 Å². The largest absolute Gasteiger partial charge is 0.508 e. The minimum absolute atomic E-state index is 0.00569. The number of hydrogen-bond acceptors (Lipinski definition) is 6. The Kier molecular flexibility index (Phi) is 2.29. The Morgan fingerprint density at radius 1 is 1.19 bits per heavy atom. The van der Waals surface area contributed by atoms with Gasteiger partial charge in [-0.2, -0.15) is 0 Å². The van der Waals surface area contributed by atoms with E-state index in [1.165, 1.54) is 19.2 Å². The van der Waals surface area contributed by atoms with Crippen LogP contribution in [-0.2, 0) is 0 Å². The van der Waals surface area contributed by atoms with Crippen LogP contribution < -0.4 is 19.6 Å². The van der Waals surface area contributed by atoms with Gasteiger partial charge >= 0.3 is 0 Å². The highest BCUT2D eigenvalue weighted by atomic mass is 16.7. The molecule has 1 aromatic heterocycles. The summed E-state index contributed by atoms with van der Waals surface area (Å²) >= 11 is 0. The van der Waals surface area contributed by atoms with Gasteiger partial charge in [-0.25, -0.2) is 0 Å². The van der Waals surface area contributed by atoms with Gasteiger partial charge in [0.15, 0.2) is 11.5 Å². The molecule has 4 rings (SSSR count). The van der Waals surface area contributed by atoms with Gasteiger partial charge in [0.05, 0.1) is 12.5 Å². The zero-order valence-electron chi connectivity index (χ0n) is 11.0. The predicted octanol–water partition coefficient (Wildman–Crippen LogP) is 2.39. The molecule has 1 aliphatic rings. The number of phenolic OH excluding ortho intramolecular Hbond substituents is 1. The quantitative estimate of drug-likeness (QED) is 0.692. The van der Waals surface area contributed by atoms with Crippen molar-refractivity contribution in [1.82, 2.24) is 0 Å². The van der Waals surface area contributed by atoms with Crippen LogP contribution in [0, 0.1) is 0 Å². The Balaban J connectivity index is 2.24. The second-order valence-corrected chi connectivity index (χ2v) is 4.63. The van der Waals surface area contributed by atoms with E-state index >= 15 is 0 Å². The van der Waals surface area contributed by atoms with Gasteiger partial charge in [0.2, 0.25) is 18.0 Å². The van der Waals surface area contributed by atoms with Crippen molar-refractivity contribution in [3.8, 4) is 23.0 Å². The Morgan fingerprint density at radius 2 is 2.05 bits per heavy atom. The third kappa shape index (κ3) is 1.56. The topological polar surface area (TPSA) is 78.1 Å². The lowest BCUT2D eigenvalue weighted by Gasteiger charge is -2.09. The molecule has 6 nitrogen and oxygen atoms in total. The Labute approximate surface area is 118 Å². The second kappa shape index (κ2) is 4.05. The van der Waals surface area contributed by atoms with Crippen molar-refractivity contribution in [1.29, 1.82) is 0 Å². The molecule has 2 heterocycles. The molecule has 1 aliphatic heterocycles. The Hall–Kier alpha value is -2.89. The molecule has 3 aromatic rings. The van der Waals surface area contributed by atoms with Crippen LogP contribution in [0.5, 0.6) is 23.0 Å². The molecule has 0 unspecified atom stereocenters. The van der Waals surface area contributed by atoms with Crippen molar-refractivity contribution in [2.45, 2.75) is 0 Å². The molecule has 6 heteroatoms. The minimum atomic E-state index is -0.294. The molecular formula is C15H10O6. The predicted molar refractivity (Wildman–Crippen MR) is 74.3 cm³/mol. The van der Waals surface area contributed by atoms with Crippen LogP contribution in [0.3, 0.4) is 0 Å². The van der Waals surface area contributed by atoms with E-state index in [0.717, 1.165) is 0 Å². The van der Waals surface area contributed by atoms with Crippen molar-refractivity contribution in [3.05, 3.63) is 34.5 Å². The molecule has 0 amide bonds. The monoisotopic (exact) mass is 286 g/mol. The molecule has 2 aromatic carbocycles. The zero-order chi connectivity index (χ0) is 14.6. The minimum Gasteiger partial charge on any atom is -0.508 e. The summed E-state index contributed by atoms with van der Waals surface area (Å²) in [6.45, 7) is 0.0660. The van der Waals surface area contributed by atoms with Gasteiger partial charge in [-0.15, -0.1) is 0 Å². The van der Waals surface area contributed by atoms with Crippen molar-refractivity contribution in [2.24, 2.45) is 0 Å². The summed E-state index contributed by atoms with van der Waals surface area (Å²) in [5.74, 6) is 1.13. The first-order valence-corrected chi connectivity index (χ1v) is 6.25. The van der Waals surface area contributed by atoms with Gasteiger partial charge in [0, 0.05) is 6.07 Å².